The Morgan fingerprint density at radius 1 is 1.19 bits per heavy atom. The minimum Gasteiger partial charge on any atom is -0.381 e. The van der Waals surface area contributed by atoms with E-state index in [0.29, 0.717) is 5.92 Å². The number of benzene rings is 1. The summed E-state index contributed by atoms with van der Waals surface area (Å²) in [5.74, 6) is 1.35. The van der Waals surface area contributed by atoms with Crippen LogP contribution in [-0.4, -0.2) is 41.8 Å². The quantitative estimate of drug-likeness (QED) is 0.799. The molecular formula is C25H36N4O2. The summed E-state index contributed by atoms with van der Waals surface area (Å²) in [6.45, 7) is 12.7. The summed E-state index contributed by atoms with van der Waals surface area (Å²) in [4.78, 5) is 24.8. The Balaban J connectivity index is 1.72. The lowest BCUT2D eigenvalue weighted by Gasteiger charge is -2.44. The van der Waals surface area contributed by atoms with Crippen LogP contribution in [0.25, 0.3) is 0 Å². The van der Waals surface area contributed by atoms with Crippen LogP contribution in [0.3, 0.4) is 0 Å². The van der Waals surface area contributed by atoms with Gasteiger partial charge in [0.25, 0.3) is 0 Å². The van der Waals surface area contributed by atoms with E-state index in [0.717, 1.165) is 49.4 Å². The van der Waals surface area contributed by atoms with Crippen molar-refractivity contribution in [1.82, 2.24) is 9.97 Å². The summed E-state index contributed by atoms with van der Waals surface area (Å²) < 4.78 is 5.65. The average Bonchev–Trinajstić information content (AvgIpc) is 2.73. The topological polar surface area (TPSA) is 61.5 Å². The molecule has 1 unspecified atom stereocenters. The zero-order chi connectivity index (χ0) is 22.3. The number of aromatic amines is 1. The molecule has 4 rings (SSSR count). The fourth-order valence-electron chi connectivity index (χ4n) is 5.30. The second-order valence-electron chi connectivity index (χ2n) is 9.63. The SMILES string of the molecule is COC1C[C@@H](C)N(c2nc(=O)[nH]c3c2CN(c2cc(C(C)C)ccc2C)CC3)[C@@H](C)C1. The van der Waals surface area contributed by atoms with Crippen LogP contribution in [0.4, 0.5) is 11.5 Å². The van der Waals surface area contributed by atoms with Crippen LogP contribution in [0.5, 0.6) is 0 Å². The highest BCUT2D eigenvalue weighted by Crippen LogP contribution is 2.35. The van der Waals surface area contributed by atoms with Gasteiger partial charge in [0.15, 0.2) is 0 Å². The maximum absolute atomic E-state index is 12.4. The molecule has 3 atom stereocenters. The van der Waals surface area contributed by atoms with Gasteiger partial charge in [-0.25, -0.2) is 4.79 Å². The minimum absolute atomic E-state index is 0.242. The van der Waals surface area contributed by atoms with Gasteiger partial charge in [-0.15, -0.1) is 0 Å². The molecular weight excluding hydrogens is 388 g/mol. The molecule has 1 fully saturated rings. The summed E-state index contributed by atoms with van der Waals surface area (Å²) in [5.41, 5.74) is 5.89. The molecule has 3 heterocycles. The molecule has 2 aromatic rings. The first-order valence-electron chi connectivity index (χ1n) is 11.6. The number of rotatable bonds is 4. The van der Waals surface area contributed by atoms with E-state index in [1.54, 1.807) is 7.11 Å². The number of hydrogen-bond acceptors (Lipinski definition) is 5. The zero-order valence-corrected chi connectivity index (χ0v) is 19.7. The molecule has 0 saturated carbocycles. The number of methoxy groups -OCH3 is 1. The van der Waals surface area contributed by atoms with Crippen molar-refractivity contribution in [3.05, 3.63) is 51.1 Å². The van der Waals surface area contributed by atoms with E-state index in [1.807, 2.05) is 0 Å². The van der Waals surface area contributed by atoms with Crippen molar-refractivity contribution < 1.29 is 4.74 Å². The van der Waals surface area contributed by atoms with Crippen LogP contribution in [0.1, 0.15) is 68.8 Å². The smallest absolute Gasteiger partial charge is 0.347 e. The molecule has 0 amide bonds. The number of fused-ring (bicyclic) bond motifs is 1. The third kappa shape index (κ3) is 4.22. The van der Waals surface area contributed by atoms with Gasteiger partial charge in [0.2, 0.25) is 0 Å². The van der Waals surface area contributed by atoms with Crippen molar-refractivity contribution in [3.8, 4) is 0 Å². The van der Waals surface area contributed by atoms with Gasteiger partial charge in [0.05, 0.1) is 6.10 Å². The van der Waals surface area contributed by atoms with Crippen molar-refractivity contribution in [1.29, 1.82) is 0 Å². The molecule has 6 heteroatoms. The number of piperidine rings is 1. The Hall–Kier alpha value is -2.34. The van der Waals surface area contributed by atoms with Crippen LogP contribution >= 0.6 is 0 Å². The first-order valence-corrected chi connectivity index (χ1v) is 11.6. The standard InChI is InChI=1S/C25H36N4O2/c1-15(2)19-8-7-16(3)23(13-19)28-10-9-22-21(14-28)24(27-25(30)26-22)29-17(4)11-20(31-6)12-18(29)5/h7-8,13,15,17-18,20H,9-12,14H2,1-6H3,(H,26,27,30)/t17-,18+,20?. The van der Waals surface area contributed by atoms with Gasteiger partial charge in [0, 0.05) is 55.6 Å². The Labute approximate surface area is 185 Å². The lowest BCUT2D eigenvalue weighted by molar-refractivity contribution is 0.0611. The van der Waals surface area contributed by atoms with E-state index in [4.69, 9.17) is 4.74 Å². The number of aromatic nitrogens is 2. The second kappa shape index (κ2) is 8.65. The van der Waals surface area contributed by atoms with E-state index >= 15 is 0 Å². The largest absolute Gasteiger partial charge is 0.381 e. The van der Waals surface area contributed by atoms with E-state index < -0.39 is 0 Å². The lowest BCUT2D eigenvalue weighted by Crippen LogP contribution is -2.51. The van der Waals surface area contributed by atoms with E-state index in [-0.39, 0.29) is 23.9 Å². The fourth-order valence-corrected chi connectivity index (χ4v) is 5.30. The third-order valence-electron chi connectivity index (χ3n) is 7.06. The average molecular weight is 425 g/mol. The molecule has 168 valence electrons. The number of nitrogens with zero attached hydrogens (tertiary/aromatic N) is 3. The number of hydrogen-bond donors (Lipinski definition) is 1. The van der Waals surface area contributed by atoms with Gasteiger partial charge in [-0.05, 0) is 56.7 Å². The van der Waals surface area contributed by atoms with Crippen molar-refractivity contribution >= 4 is 11.5 Å². The Bertz CT molecular complexity index is 988. The molecule has 0 bridgehead atoms. The minimum atomic E-state index is -0.242. The highest BCUT2D eigenvalue weighted by Gasteiger charge is 2.35. The Morgan fingerprint density at radius 2 is 1.90 bits per heavy atom. The highest BCUT2D eigenvalue weighted by molar-refractivity contribution is 5.60. The molecule has 2 aliphatic rings. The molecule has 31 heavy (non-hydrogen) atoms. The maximum Gasteiger partial charge on any atom is 0.347 e. The number of nitrogens with one attached hydrogen (secondary N) is 1. The monoisotopic (exact) mass is 424 g/mol. The maximum atomic E-state index is 12.4. The number of ether oxygens (including phenoxy) is 1. The predicted octanol–water partition coefficient (Wildman–Crippen LogP) is 4.16. The summed E-state index contributed by atoms with van der Waals surface area (Å²) in [7, 11) is 1.79. The summed E-state index contributed by atoms with van der Waals surface area (Å²) in [6, 6.07) is 7.34. The van der Waals surface area contributed by atoms with Gasteiger partial charge in [-0.1, -0.05) is 26.0 Å². The van der Waals surface area contributed by atoms with E-state index in [9.17, 15) is 4.79 Å². The van der Waals surface area contributed by atoms with Crippen LogP contribution in [-0.2, 0) is 17.7 Å². The van der Waals surface area contributed by atoms with Crippen LogP contribution in [0, 0.1) is 6.92 Å². The lowest BCUT2D eigenvalue weighted by atomic mass is 9.93. The van der Waals surface area contributed by atoms with E-state index in [2.05, 4.69) is 72.6 Å². The summed E-state index contributed by atoms with van der Waals surface area (Å²) in [6.07, 6.45) is 2.98. The molecule has 2 aliphatic heterocycles. The molecule has 0 spiro atoms. The Kier molecular flexibility index (Phi) is 6.11. The zero-order valence-electron chi connectivity index (χ0n) is 19.7. The molecule has 1 aromatic heterocycles. The second-order valence-corrected chi connectivity index (χ2v) is 9.63. The molecule has 0 radical (unpaired) electrons. The molecule has 1 N–H and O–H groups in total. The van der Waals surface area contributed by atoms with Crippen molar-refractivity contribution in [2.45, 2.75) is 84.5 Å². The van der Waals surface area contributed by atoms with Gasteiger partial charge in [-0.2, -0.15) is 4.98 Å². The van der Waals surface area contributed by atoms with Crippen molar-refractivity contribution in [2.75, 3.05) is 23.5 Å². The van der Waals surface area contributed by atoms with Crippen LogP contribution in [0.2, 0.25) is 0 Å². The Morgan fingerprint density at radius 3 is 2.55 bits per heavy atom. The van der Waals surface area contributed by atoms with E-state index in [1.165, 1.54) is 16.8 Å². The molecule has 0 aliphatic carbocycles. The van der Waals surface area contributed by atoms with Crippen molar-refractivity contribution in [2.24, 2.45) is 0 Å². The first kappa shape index (κ1) is 21.9. The predicted molar refractivity (Wildman–Crippen MR) is 126 cm³/mol. The molecule has 1 saturated heterocycles. The van der Waals surface area contributed by atoms with Crippen LogP contribution < -0.4 is 15.5 Å². The van der Waals surface area contributed by atoms with Gasteiger partial charge < -0.3 is 19.5 Å². The summed E-state index contributed by atoms with van der Waals surface area (Å²) in [5, 5.41) is 0. The highest BCUT2D eigenvalue weighted by atomic mass is 16.5. The van der Waals surface area contributed by atoms with Gasteiger partial charge >= 0.3 is 5.69 Å². The van der Waals surface area contributed by atoms with Crippen LogP contribution in [0.15, 0.2) is 23.0 Å². The normalized spacial score (nSPS) is 23.9. The van der Waals surface area contributed by atoms with Gasteiger partial charge in [-0.3, -0.25) is 0 Å². The van der Waals surface area contributed by atoms with Gasteiger partial charge in [0.1, 0.15) is 5.82 Å². The number of anilines is 2. The fraction of sp³-hybridized carbons (Fsp3) is 0.600. The third-order valence-corrected chi connectivity index (χ3v) is 7.06. The number of aryl methyl sites for hydroxylation is 1. The number of H-pyrrole nitrogens is 1. The molecule has 1 aromatic carbocycles. The molecule has 6 nitrogen and oxygen atoms in total. The first-order chi connectivity index (χ1) is 14.8. The summed E-state index contributed by atoms with van der Waals surface area (Å²) >= 11 is 0. The van der Waals surface area contributed by atoms with Crippen molar-refractivity contribution in [3.63, 3.8) is 0 Å².